The van der Waals surface area contributed by atoms with Gasteiger partial charge in [0.25, 0.3) is 0 Å². The van der Waals surface area contributed by atoms with Gasteiger partial charge in [-0.2, -0.15) is 0 Å². The molecule has 0 radical (unpaired) electrons. The average molecular weight is 343 g/mol. The summed E-state index contributed by atoms with van der Waals surface area (Å²) in [5, 5.41) is 0. The van der Waals surface area contributed by atoms with Gasteiger partial charge in [0.1, 0.15) is 11.5 Å². The van der Waals surface area contributed by atoms with Crippen LogP contribution in [0.15, 0.2) is 34.7 Å². The average Bonchev–Trinajstić information content (AvgIpc) is 3.05. The minimum absolute atomic E-state index is 0.0446. The Bertz CT molecular complexity index is 778. The van der Waals surface area contributed by atoms with Crippen molar-refractivity contribution in [2.45, 2.75) is 45.2 Å². The summed E-state index contributed by atoms with van der Waals surface area (Å²) in [5.41, 5.74) is 2.41. The molecule has 0 amide bonds. The van der Waals surface area contributed by atoms with Gasteiger partial charge in [-0.1, -0.05) is 13.0 Å². The fourth-order valence-electron chi connectivity index (χ4n) is 3.72. The maximum Gasteiger partial charge on any atom is 0.373 e. The monoisotopic (exact) mass is 343 g/mol. The highest BCUT2D eigenvalue weighted by atomic mass is 16.5. The molecule has 25 heavy (non-hydrogen) atoms. The lowest BCUT2D eigenvalue weighted by atomic mass is 9.80. The van der Waals surface area contributed by atoms with Crippen molar-refractivity contribution in [3.8, 4) is 5.75 Å². The number of anilines is 1. The zero-order valence-corrected chi connectivity index (χ0v) is 15.5. The molecule has 1 atom stereocenters. The zero-order valence-electron chi connectivity index (χ0n) is 15.5. The summed E-state index contributed by atoms with van der Waals surface area (Å²) in [4.78, 5) is 13.9. The van der Waals surface area contributed by atoms with Crippen LogP contribution in [0.5, 0.6) is 5.75 Å². The molecular weight excluding hydrogens is 318 g/mol. The number of benzene rings is 1. The first-order valence-corrected chi connectivity index (χ1v) is 8.48. The second kappa shape index (κ2) is 6.47. The molecule has 5 nitrogen and oxygen atoms in total. The van der Waals surface area contributed by atoms with Gasteiger partial charge in [0.15, 0.2) is 0 Å². The Morgan fingerprint density at radius 2 is 2.04 bits per heavy atom. The van der Waals surface area contributed by atoms with Gasteiger partial charge in [0.05, 0.1) is 20.8 Å². The van der Waals surface area contributed by atoms with Crippen LogP contribution in [-0.2, 0) is 11.3 Å². The third-order valence-electron chi connectivity index (χ3n) is 4.96. The molecular formula is C20H25NO4. The number of carbonyl (C=O) groups excluding carboxylic acids is 1. The van der Waals surface area contributed by atoms with E-state index in [1.54, 1.807) is 13.2 Å². The van der Waals surface area contributed by atoms with E-state index in [1.807, 2.05) is 12.1 Å². The van der Waals surface area contributed by atoms with Crippen LogP contribution >= 0.6 is 0 Å². The number of hydrogen-bond acceptors (Lipinski definition) is 5. The lowest BCUT2D eigenvalue weighted by molar-refractivity contribution is 0.0563. The molecule has 1 unspecified atom stereocenters. The van der Waals surface area contributed by atoms with Gasteiger partial charge in [-0.25, -0.2) is 4.79 Å². The zero-order chi connectivity index (χ0) is 18.2. The molecule has 5 heteroatoms. The van der Waals surface area contributed by atoms with Gasteiger partial charge in [-0.05, 0) is 49.9 Å². The molecule has 0 saturated heterocycles. The predicted octanol–water partition coefficient (Wildman–Crippen LogP) is 4.37. The van der Waals surface area contributed by atoms with E-state index >= 15 is 0 Å². The molecule has 1 aliphatic rings. The normalized spacial score (nSPS) is 18.6. The molecule has 1 aromatic carbocycles. The minimum atomic E-state index is -0.458. The van der Waals surface area contributed by atoms with Crippen molar-refractivity contribution < 1.29 is 18.7 Å². The van der Waals surface area contributed by atoms with Gasteiger partial charge in [-0.15, -0.1) is 0 Å². The number of esters is 1. The van der Waals surface area contributed by atoms with Gasteiger partial charge < -0.3 is 18.8 Å². The van der Waals surface area contributed by atoms with Crippen molar-refractivity contribution in [3.05, 3.63) is 47.4 Å². The van der Waals surface area contributed by atoms with E-state index in [-0.39, 0.29) is 11.3 Å². The Labute approximate surface area is 148 Å². The van der Waals surface area contributed by atoms with E-state index in [2.05, 4.69) is 37.8 Å². The Kier molecular flexibility index (Phi) is 4.50. The van der Waals surface area contributed by atoms with Crippen LogP contribution in [-0.4, -0.2) is 25.7 Å². The molecule has 0 saturated carbocycles. The molecule has 0 spiro atoms. The van der Waals surface area contributed by atoms with Crippen molar-refractivity contribution in [1.82, 2.24) is 0 Å². The molecule has 0 N–H and O–H groups in total. The van der Waals surface area contributed by atoms with Crippen molar-refractivity contribution in [2.24, 2.45) is 0 Å². The topological polar surface area (TPSA) is 51.9 Å². The molecule has 0 bridgehead atoms. The first-order chi connectivity index (χ1) is 11.9. The van der Waals surface area contributed by atoms with E-state index in [1.165, 1.54) is 12.7 Å². The fraction of sp³-hybridized carbons (Fsp3) is 0.450. The van der Waals surface area contributed by atoms with E-state index in [0.717, 1.165) is 23.6 Å². The van der Waals surface area contributed by atoms with Gasteiger partial charge in [0, 0.05) is 17.3 Å². The second-order valence-electron chi connectivity index (χ2n) is 7.19. The molecule has 0 aliphatic carbocycles. The molecule has 3 rings (SSSR count). The summed E-state index contributed by atoms with van der Waals surface area (Å²) >= 11 is 0. The lowest BCUT2D eigenvalue weighted by Crippen LogP contribution is -2.47. The van der Waals surface area contributed by atoms with E-state index in [9.17, 15) is 4.79 Å². The molecule has 2 heterocycles. The molecule has 0 fully saturated rings. The molecule has 134 valence electrons. The molecule has 1 aromatic heterocycles. The van der Waals surface area contributed by atoms with E-state index in [4.69, 9.17) is 13.9 Å². The number of methoxy groups -OCH3 is 2. The SMILES string of the molecule is COC(=O)c1ccc(CN2c3cc(OC)ccc3C(C)CC2(C)C)o1. The Morgan fingerprint density at radius 1 is 1.28 bits per heavy atom. The van der Waals surface area contributed by atoms with Gasteiger partial charge in [0.2, 0.25) is 5.76 Å². The molecule has 1 aliphatic heterocycles. The number of rotatable bonds is 4. The number of carbonyl (C=O) groups is 1. The van der Waals surface area contributed by atoms with E-state index in [0.29, 0.717) is 12.5 Å². The third-order valence-corrected chi connectivity index (χ3v) is 4.96. The van der Waals surface area contributed by atoms with Crippen molar-refractivity contribution in [2.75, 3.05) is 19.1 Å². The number of nitrogens with zero attached hydrogens (tertiary/aromatic N) is 1. The standard InChI is InChI=1S/C20H25NO4/c1-13-11-20(2,3)21(17-10-14(23-4)6-8-16(13)17)12-15-7-9-18(25-15)19(22)24-5/h6-10,13H,11-12H2,1-5H3. The van der Waals surface area contributed by atoms with E-state index < -0.39 is 5.97 Å². The number of furan rings is 1. The van der Waals surface area contributed by atoms with Gasteiger partial charge in [-0.3, -0.25) is 0 Å². The highest BCUT2D eigenvalue weighted by molar-refractivity contribution is 5.86. The van der Waals surface area contributed by atoms with Crippen molar-refractivity contribution >= 4 is 11.7 Å². The van der Waals surface area contributed by atoms with Crippen LogP contribution < -0.4 is 9.64 Å². The summed E-state index contributed by atoms with van der Waals surface area (Å²) in [6.07, 6.45) is 1.04. The van der Waals surface area contributed by atoms with Crippen LogP contribution in [0, 0.1) is 0 Å². The Hall–Kier alpha value is -2.43. The van der Waals surface area contributed by atoms with Gasteiger partial charge >= 0.3 is 5.97 Å². The highest BCUT2D eigenvalue weighted by Crippen LogP contribution is 2.45. The first-order valence-electron chi connectivity index (χ1n) is 8.48. The minimum Gasteiger partial charge on any atom is -0.497 e. The molecule has 2 aromatic rings. The smallest absolute Gasteiger partial charge is 0.373 e. The predicted molar refractivity (Wildman–Crippen MR) is 96.3 cm³/mol. The maximum atomic E-state index is 11.6. The summed E-state index contributed by atoms with van der Waals surface area (Å²) in [5.74, 6) is 1.81. The maximum absolute atomic E-state index is 11.6. The summed E-state index contributed by atoms with van der Waals surface area (Å²) in [6.45, 7) is 7.30. The number of ether oxygens (including phenoxy) is 2. The Balaban J connectivity index is 1.97. The van der Waals surface area contributed by atoms with Crippen molar-refractivity contribution in [3.63, 3.8) is 0 Å². The largest absolute Gasteiger partial charge is 0.497 e. The van der Waals surface area contributed by atoms with Crippen LogP contribution in [0.25, 0.3) is 0 Å². The Morgan fingerprint density at radius 3 is 2.72 bits per heavy atom. The quantitative estimate of drug-likeness (QED) is 0.772. The second-order valence-corrected chi connectivity index (χ2v) is 7.19. The summed E-state index contributed by atoms with van der Waals surface area (Å²) in [7, 11) is 3.03. The first kappa shape index (κ1) is 17.4. The highest BCUT2D eigenvalue weighted by Gasteiger charge is 2.37. The van der Waals surface area contributed by atoms with Crippen LogP contribution in [0.4, 0.5) is 5.69 Å². The van der Waals surface area contributed by atoms with Crippen LogP contribution in [0.1, 0.15) is 55.0 Å². The third kappa shape index (κ3) is 3.23. The van der Waals surface area contributed by atoms with Crippen LogP contribution in [0.3, 0.4) is 0 Å². The fourth-order valence-corrected chi connectivity index (χ4v) is 3.72. The lowest BCUT2D eigenvalue weighted by Gasteiger charge is -2.47. The summed E-state index contributed by atoms with van der Waals surface area (Å²) in [6, 6.07) is 9.72. The number of hydrogen-bond donors (Lipinski definition) is 0. The number of fused-ring (bicyclic) bond motifs is 1. The van der Waals surface area contributed by atoms with Crippen LogP contribution in [0.2, 0.25) is 0 Å². The summed E-state index contributed by atoms with van der Waals surface area (Å²) < 4.78 is 15.8. The van der Waals surface area contributed by atoms with Crippen molar-refractivity contribution in [1.29, 1.82) is 0 Å².